The van der Waals surface area contributed by atoms with Crippen LogP contribution in [0.5, 0.6) is 0 Å². The van der Waals surface area contributed by atoms with E-state index in [9.17, 15) is 0 Å². The van der Waals surface area contributed by atoms with Gasteiger partial charge >= 0.3 is 45.1 Å². The Morgan fingerprint density at radius 2 is 0.900 bits per heavy atom. The predicted molar refractivity (Wildman–Crippen MR) is 24.0 cm³/mol. The molecule has 0 spiro atoms. The van der Waals surface area contributed by atoms with Gasteiger partial charge in [0, 0.05) is 0 Å². The average molecular weight is 261 g/mol. The van der Waals surface area contributed by atoms with Crippen molar-refractivity contribution in [2.24, 2.45) is 0 Å². The van der Waals surface area contributed by atoms with E-state index in [1.165, 1.54) is 0 Å². The van der Waals surface area contributed by atoms with Gasteiger partial charge in [-0.15, -0.1) is 0 Å². The van der Waals surface area contributed by atoms with Gasteiger partial charge in [-0.05, 0) is 0 Å². The Kier molecular flexibility index (Phi) is 467. The monoisotopic (exact) mass is 258 g/mol. The second kappa shape index (κ2) is 58.0. The van der Waals surface area contributed by atoms with Crippen molar-refractivity contribution in [3.63, 3.8) is 0 Å². The third-order valence-electron chi connectivity index (χ3n) is 0. The Balaban J connectivity index is -0.00000000300. The number of carboxylic acid groups (broad SMARTS) is 2. The molecule has 0 aromatic heterocycles. The molecule has 0 fully saturated rings. The fourth-order valence-electron chi connectivity index (χ4n) is 0. The topological polar surface area (TPSA) is 188 Å². The molecule has 0 radical (unpaired) electrons. The molecule has 0 atom stereocenters. The first-order valence-corrected chi connectivity index (χ1v) is 0.651. The predicted octanol–water partition coefficient (Wildman–Crippen LogP) is 0.732. The molecule has 0 aliphatic rings. The van der Waals surface area contributed by atoms with Crippen molar-refractivity contribution in [2.75, 3.05) is 0 Å². The Hall–Kier alpha value is 0.357. The molecule has 0 aromatic carbocycles. The van der Waals surface area contributed by atoms with Crippen LogP contribution in [0.4, 0.5) is 4.79 Å². The van der Waals surface area contributed by atoms with Gasteiger partial charge < -0.3 is 33.5 Å². The van der Waals surface area contributed by atoms with Crippen LogP contribution in [-0.4, -0.2) is 16.4 Å². The summed E-state index contributed by atoms with van der Waals surface area (Å²) in [4.78, 5) is 8.56. The molecule has 0 aliphatic heterocycles. The van der Waals surface area contributed by atoms with E-state index >= 15 is 0 Å². The summed E-state index contributed by atoms with van der Waals surface area (Å²) in [6, 6.07) is 0. The van der Waals surface area contributed by atoms with Gasteiger partial charge in [0.2, 0.25) is 0 Å². The molecule has 0 aliphatic carbocycles. The van der Waals surface area contributed by atoms with Crippen molar-refractivity contribution in [3.8, 4) is 0 Å². The quantitative estimate of drug-likeness (QED) is 0.468. The summed E-state index contributed by atoms with van der Waals surface area (Å²) in [6.07, 6.45) is -1.83. The third kappa shape index (κ3) is 3550. The van der Waals surface area contributed by atoms with Crippen LogP contribution in [0, 0.1) is 0 Å². The van der Waals surface area contributed by atoms with Crippen molar-refractivity contribution >= 4 is 6.16 Å². The second-order valence-corrected chi connectivity index (χ2v) is 0.283. The van der Waals surface area contributed by atoms with Gasteiger partial charge in [-0.25, -0.2) is 4.79 Å². The Morgan fingerprint density at radius 1 is 0.900 bits per heavy atom. The number of quaternary nitrogens is 2. The summed E-state index contributed by atoms with van der Waals surface area (Å²) in [5.41, 5.74) is 0. The van der Waals surface area contributed by atoms with Crippen LogP contribution in [0.1, 0.15) is 0 Å². The van der Waals surface area contributed by atoms with Crippen LogP contribution in [0.15, 0.2) is 0 Å². The maximum atomic E-state index is 8.56. The fourth-order valence-corrected chi connectivity index (χ4v) is 0. The van der Waals surface area contributed by atoms with E-state index in [4.69, 9.17) is 15.0 Å². The van der Waals surface area contributed by atoms with Crippen LogP contribution in [-0.2, 0) is 49.9 Å². The molecule has 56 valence electrons. The minimum atomic E-state index is -1.83. The van der Waals surface area contributed by atoms with Crippen molar-refractivity contribution in [1.29, 1.82) is 0 Å². The Labute approximate surface area is 83.5 Å². The molecule has 10 N–H and O–H groups in total. The first kappa shape index (κ1) is 80.5. The number of hydrogen-bond acceptors (Lipinski definition) is 1. The van der Waals surface area contributed by atoms with Gasteiger partial charge in [0.05, 0.1) is 0 Å². The number of hydrogen-bond donors (Lipinski definition) is 4. The van der Waals surface area contributed by atoms with E-state index in [1.807, 2.05) is 0 Å². The van der Waals surface area contributed by atoms with Crippen molar-refractivity contribution < 1.29 is 64.9 Å². The van der Waals surface area contributed by atoms with Gasteiger partial charge in [-0.1, -0.05) is 0 Å². The molecule has 0 bridgehead atoms. The van der Waals surface area contributed by atoms with Crippen molar-refractivity contribution in [1.82, 2.24) is 12.3 Å². The maximum absolute atomic E-state index is 8.56. The molecule has 0 rings (SSSR count). The Morgan fingerprint density at radius 3 is 0.900 bits per heavy atom. The molecule has 0 unspecified atom stereocenters. The Bertz CT molecular complexity index is 40.6. The van der Waals surface area contributed by atoms with E-state index in [2.05, 4.69) is 0 Å². The zero-order valence-electron chi connectivity index (χ0n) is 6.03. The van der Waals surface area contributed by atoms with E-state index in [1.54, 1.807) is 0 Å². The first-order chi connectivity index (χ1) is 1.73. The molecule has 0 heterocycles. The number of carbonyl (C=O) groups is 1. The molecule has 7 nitrogen and oxygen atoms in total. The normalized spacial score (nSPS) is 2.40. The van der Waals surface area contributed by atoms with Crippen LogP contribution in [0.2, 0.25) is 0 Å². The molecule has 9 heteroatoms. The molecular formula is CH10N2O5Zn2+2. The van der Waals surface area contributed by atoms with E-state index in [0.29, 0.717) is 0 Å². The van der Waals surface area contributed by atoms with E-state index in [-0.39, 0.29) is 62.2 Å². The summed E-state index contributed by atoms with van der Waals surface area (Å²) in [5.74, 6) is 0. The van der Waals surface area contributed by atoms with Gasteiger partial charge in [-0.3, -0.25) is 0 Å². The van der Waals surface area contributed by atoms with Crippen molar-refractivity contribution in [2.45, 2.75) is 0 Å². The smallest absolute Gasteiger partial charge is 2.00 e. The second-order valence-electron chi connectivity index (χ2n) is 0.283. The zero-order valence-corrected chi connectivity index (χ0v) is 12.0. The van der Waals surface area contributed by atoms with Gasteiger partial charge in [-0.2, -0.15) is 0 Å². The summed E-state index contributed by atoms with van der Waals surface area (Å²) in [6.45, 7) is 0. The standard InChI is InChI=1S/CH2O3.2H3N.2O.2Zn/c2-1(3)4;;;;;;/h(H2,2,3,4);2*1H3;;;;/q;;;2*-2;2*+2/p+2. The third-order valence-corrected chi connectivity index (χ3v) is 0. The molecule has 0 amide bonds. The minimum absolute atomic E-state index is 0. The molecule has 10 heavy (non-hydrogen) atoms. The SMILES string of the molecule is O=C(O)O.[NH4+].[NH4+].[O-2].[O-2].[Zn+2].[Zn+2]. The molecule has 0 saturated heterocycles. The van der Waals surface area contributed by atoms with E-state index < -0.39 is 6.16 Å². The fraction of sp³-hybridized carbons (Fsp3) is 0. The first-order valence-electron chi connectivity index (χ1n) is 0.651. The maximum Gasteiger partial charge on any atom is 2.00 e. The van der Waals surface area contributed by atoms with Crippen LogP contribution in [0.3, 0.4) is 0 Å². The van der Waals surface area contributed by atoms with Gasteiger partial charge in [0.25, 0.3) is 0 Å². The summed E-state index contributed by atoms with van der Waals surface area (Å²) < 4.78 is 0. The van der Waals surface area contributed by atoms with Crippen LogP contribution in [0.25, 0.3) is 0 Å². The van der Waals surface area contributed by atoms with Crippen molar-refractivity contribution in [3.05, 3.63) is 0 Å². The molecule has 0 aromatic rings. The van der Waals surface area contributed by atoms with Gasteiger partial charge in [0.1, 0.15) is 0 Å². The average Bonchev–Trinajstić information content (AvgIpc) is 0.811. The summed E-state index contributed by atoms with van der Waals surface area (Å²) >= 11 is 0. The van der Waals surface area contributed by atoms with Crippen LogP contribution >= 0.6 is 0 Å². The zero-order chi connectivity index (χ0) is 3.58. The number of rotatable bonds is 0. The van der Waals surface area contributed by atoms with E-state index in [0.717, 1.165) is 0 Å². The summed E-state index contributed by atoms with van der Waals surface area (Å²) in [7, 11) is 0. The molecular weight excluding hydrogens is 251 g/mol. The van der Waals surface area contributed by atoms with Gasteiger partial charge in [0.15, 0.2) is 0 Å². The molecule has 0 saturated carbocycles. The summed E-state index contributed by atoms with van der Waals surface area (Å²) in [5, 5.41) is 13.9. The largest absolute Gasteiger partial charge is 2.00 e. The minimum Gasteiger partial charge on any atom is -2.00 e. The van der Waals surface area contributed by atoms with Crippen LogP contribution < -0.4 is 12.3 Å².